The van der Waals surface area contributed by atoms with E-state index in [1.54, 1.807) is 11.0 Å². The van der Waals surface area contributed by atoms with Crippen molar-refractivity contribution in [2.45, 2.75) is 25.8 Å². The van der Waals surface area contributed by atoms with Crippen LogP contribution in [0.1, 0.15) is 17.5 Å². The molecular formula is C12H13BrF3N. The Labute approximate surface area is 107 Å². The fourth-order valence-corrected chi connectivity index (χ4v) is 2.34. The lowest BCUT2D eigenvalue weighted by Crippen LogP contribution is -2.25. The Hall–Kier alpha value is -0.550. The lowest BCUT2D eigenvalue weighted by atomic mass is 10.1. The van der Waals surface area contributed by atoms with Crippen molar-refractivity contribution in [2.75, 3.05) is 13.1 Å². The molecule has 0 spiro atoms. The average molecular weight is 308 g/mol. The van der Waals surface area contributed by atoms with Crippen LogP contribution in [0.25, 0.3) is 0 Å². The van der Waals surface area contributed by atoms with Gasteiger partial charge in [-0.25, -0.2) is 13.2 Å². The Morgan fingerprint density at radius 1 is 1.41 bits per heavy atom. The van der Waals surface area contributed by atoms with E-state index in [-0.39, 0.29) is 25.3 Å². The summed E-state index contributed by atoms with van der Waals surface area (Å²) in [7, 11) is 0. The fourth-order valence-electron chi connectivity index (χ4n) is 2.02. The third-order valence-electron chi connectivity index (χ3n) is 2.97. The van der Waals surface area contributed by atoms with Gasteiger partial charge in [-0.05, 0) is 18.6 Å². The fraction of sp³-hybridized carbons (Fsp3) is 0.500. The maximum Gasteiger partial charge on any atom is 0.261 e. The van der Waals surface area contributed by atoms with Gasteiger partial charge in [0.1, 0.15) is 5.82 Å². The predicted molar refractivity (Wildman–Crippen MR) is 63.7 cm³/mol. The van der Waals surface area contributed by atoms with Crippen LogP contribution in [0.2, 0.25) is 0 Å². The molecule has 94 valence electrons. The van der Waals surface area contributed by atoms with E-state index < -0.39 is 5.92 Å². The van der Waals surface area contributed by atoms with Crippen molar-refractivity contribution in [2.24, 2.45) is 0 Å². The second-order valence-corrected chi connectivity index (χ2v) is 5.36. The van der Waals surface area contributed by atoms with Gasteiger partial charge in [-0.1, -0.05) is 22.0 Å². The van der Waals surface area contributed by atoms with Crippen molar-refractivity contribution in [3.8, 4) is 0 Å². The zero-order valence-electron chi connectivity index (χ0n) is 9.44. The smallest absolute Gasteiger partial charge is 0.261 e. The molecule has 1 saturated heterocycles. The minimum atomic E-state index is -2.62. The van der Waals surface area contributed by atoms with Crippen molar-refractivity contribution in [1.29, 1.82) is 0 Å². The topological polar surface area (TPSA) is 3.24 Å². The van der Waals surface area contributed by atoms with Crippen LogP contribution in [0.4, 0.5) is 13.2 Å². The summed E-state index contributed by atoms with van der Waals surface area (Å²) in [6.45, 7) is 2.14. The molecular weight excluding hydrogens is 295 g/mol. The number of hydrogen-bond donors (Lipinski definition) is 0. The second-order valence-electron chi connectivity index (χ2n) is 4.51. The second kappa shape index (κ2) is 4.61. The summed E-state index contributed by atoms with van der Waals surface area (Å²) < 4.78 is 40.3. The lowest BCUT2D eigenvalue weighted by Gasteiger charge is -2.16. The average Bonchev–Trinajstić information content (AvgIpc) is 2.54. The summed E-state index contributed by atoms with van der Waals surface area (Å²) in [4.78, 5) is 1.59. The number of hydrogen-bond acceptors (Lipinski definition) is 1. The minimum absolute atomic E-state index is 0.135. The monoisotopic (exact) mass is 307 g/mol. The molecule has 1 aliphatic heterocycles. The highest BCUT2D eigenvalue weighted by Gasteiger charge is 2.38. The maximum absolute atomic E-state index is 13.6. The number of likely N-dealkylation sites (tertiary alicyclic amines) is 1. The van der Waals surface area contributed by atoms with E-state index in [0.29, 0.717) is 16.6 Å². The lowest BCUT2D eigenvalue weighted by molar-refractivity contribution is 0.0114. The Morgan fingerprint density at radius 3 is 2.71 bits per heavy atom. The van der Waals surface area contributed by atoms with Gasteiger partial charge >= 0.3 is 0 Å². The molecule has 1 fully saturated rings. The number of benzene rings is 1. The molecule has 5 heteroatoms. The van der Waals surface area contributed by atoms with Crippen molar-refractivity contribution in [3.63, 3.8) is 0 Å². The van der Waals surface area contributed by atoms with Crippen LogP contribution in [0.3, 0.4) is 0 Å². The van der Waals surface area contributed by atoms with Crippen molar-refractivity contribution in [3.05, 3.63) is 33.5 Å². The summed E-state index contributed by atoms with van der Waals surface area (Å²) in [5.41, 5.74) is 1.38. The maximum atomic E-state index is 13.6. The molecule has 0 saturated carbocycles. The van der Waals surface area contributed by atoms with Crippen molar-refractivity contribution in [1.82, 2.24) is 4.90 Å². The third kappa shape index (κ3) is 3.01. The van der Waals surface area contributed by atoms with Gasteiger partial charge in [0.2, 0.25) is 0 Å². The highest BCUT2D eigenvalue weighted by Crippen LogP contribution is 2.29. The number of nitrogens with zero attached hydrogens (tertiary/aromatic N) is 1. The van der Waals surface area contributed by atoms with Gasteiger partial charge < -0.3 is 0 Å². The number of alkyl halides is 2. The van der Waals surface area contributed by atoms with Crippen molar-refractivity contribution >= 4 is 15.9 Å². The van der Waals surface area contributed by atoms with E-state index in [1.165, 1.54) is 6.07 Å². The molecule has 0 amide bonds. The van der Waals surface area contributed by atoms with Crippen LogP contribution in [-0.2, 0) is 6.54 Å². The number of halogens is 4. The van der Waals surface area contributed by atoms with Crippen LogP contribution in [0.15, 0.2) is 16.6 Å². The van der Waals surface area contributed by atoms with Gasteiger partial charge in [0, 0.05) is 29.5 Å². The van der Waals surface area contributed by atoms with Crippen LogP contribution >= 0.6 is 15.9 Å². The molecule has 0 N–H and O–H groups in total. The zero-order valence-corrected chi connectivity index (χ0v) is 11.0. The van der Waals surface area contributed by atoms with Crippen LogP contribution < -0.4 is 0 Å². The number of aryl methyl sites for hydroxylation is 1. The molecule has 1 aliphatic rings. The molecule has 0 radical (unpaired) electrons. The third-order valence-corrected chi connectivity index (χ3v) is 3.82. The first-order valence-electron chi connectivity index (χ1n) is 5.42. The van der Waals surface area contributed by atoms with Gasteiger partial charge in [-0.15, -0.1) is 0 Å². The molecule has 0 aliphatic carbocycles. The quantitative estimate of drug-likeness (QED) is 0.804. The molecule has 0 bridgehead atoms. The van der Waals surface area contributed by atoms with E-state index in [4.69, 9.17) is 0 Å². The zero-order chi connectivity index (χ0) is 12.6. The molecule has 0 unspecified atom stereocenters. The largest absolute Gasteiger partial charge is 0.293 e. The van der Waals surface area contributed by atoms with Gasteiger partial charge in [-0.3, -0.25) is 4.90 Å². The van der Waals surface area contributed by atoms with E-state index in [0.717, 1.165) is 5.56 Å². The molecule has 0 aromatic heterocycles. The highest BCUT2D eigenvalue weighted by atomic mass is 79.9. The van der Waals surface area contributed by atoms with E-state index in [9.17, 15) is 13.2 Å². The summed E-state index contributed by atoms with van der Waals surface area (Å²) >= 11 is 3.24. The first-order valence-corrected chi connectivity index (χ1v) is 6.21. The van der Waals surface area contributed by atoms with Gasteiger partial charge in [0.15, 0.2) is 0 Å². The molecule has 0 atom stereocenters. The summed E-state index contributed by atoms with van der Waals surface area (Å²) in [5, 5.41) is 0. The van der Waals surface area contributed by atoms with Crippen LogP contribution in [0, 0.1) is 12.7 Å². The van der Waals surface area contributed by atoms with E-state index in [1.807, 2.05) is 6.92 Å². The van der Waals surface area contributed by atoms with Crippen molar-refractivity contribution < 1.29 is 13.2 Å². The molecule has 1 aromatic rings. The summed E-state index contributed by atoms with van der Waals surface area (Å²) in [6.07, 6.45) is -0.135. The first kappa shape index (κ1) is 12.9. The summed E-state index contributed by atoms with van der Waals surface area (Å²) in [6, 6.07) is 3.09. The van der Waals surface area contributed by atoms with E-state index in [2.05, 4.69) is 15.9 Å². The minimum Gasteiger partial charge on any atom is -0.293 e. The Kier molecular flexibility index (Phi) is 3.50. The molecule has 1 nitrogen and oxygen atoms in total. The number of rotatable bonds is 2. The molecule has 1 aromatic carbocycles. The normalized spacial score (nSPS) is 19.8. The molecule has 17 heavy (non-hydrogen) atoms. The Balaban J connectivity index is 2.12. The van der Waals surface area contributed by atoms with E-state index >= 15 is 0 Å². The Morgan fingerprint density at radius 2 is 2.12 bits per heavy atom. The Bertz CT molecular complexity index is 434. The molecule has 1 heterocycles. The SMILES string of the molecule is Cc1cc(CN2CCC(F)(F)C2)c(F)cc1Br. The van der Waals surface area contributed by atoms with Gasteiger partial charge in [0.25, 0.3) is 5.92 Å². The highest BCUT2D eigenvalue weighted by molar-refractivity contribution is 9.10. The first-order chi connectivity index (χ1) is 7.87. The van der Waals surface area contributed by atoms with Crippen LogP contribution in [0.5, 0.6) is 0 Å². The van der Waals surface area contributed by atoms with Gasteiger partial charge in [0.05, 0.1) is 6.54 Å². The molecule has 2 rings (SSSR count). The predicted octanol–water partition coefficient (Wildman–Crippen LogP) is 3.74. The van der Waals surface area contributed by atoms with Crippen LogP contribution in [-0.4, -0.2) is 23.9 Å². The summed E-state index contributed by atoms with van der Waals surface area (Å²) in [5.74, 6) is -2.97. The standard InChI is InChI=1S/C12H13BrF3N/c1-8-4-9(11(14)5-10(8)13)6-17-3-2-12(15,16)7-17/h4-5H,2-3,6-7H2,1H3. The van der Waals surface area contributed by atoms with Gasteiger partial charge in [-0.2, -0.15) is 0 Å².